The molecule has 0 spiro atoms. The Kier molecular flexibility index (Phi) is 4.55. The van der Waals surface area contributed by atoms with Gasteiger partial charge >= 0.3 is 5.97 Å². The number of carbonyl (C=O) groups is 1. The molecular formula is C11H15BrN2O2S. The summed E-state index contributed by atoms with van der Waals surface area (Å²) in [6, 6.07) is 1.40. The van der Waals surface area contributed by atoms with Gasteiger partial charge in [0, 0.05) is 34.4 Å². The number of aliphatic carboxylic acids is 1. The van der Waals surface area contributed by atoms with E-state index in [4.69, 9.17) is 0 Å². The molecule has 2 N–H and O–H groups in total. The quantitative estimate of drug-likeness (QED) is 0.894. The minimum Gasteiger partial charge on any atom is -0.480 e. The number of nitrogens with one attached hydrogen (secondary N) is 1. The van der Waals surface area contributed by atoms with E-state index in [0.29, 0.717) is 0 Å². The molecule has 2 heterocycles. The number of hydrogen-bond acceptors (Lipinski definition) is 4. The zero-order valence-corrected chi connectivity index (χ0v) is 11.8. The van der Waals surface area contributed by atoms with E-state index in [2.05, 4.69) is 21.2 Å². The third kappa shape index (κ3) is 3.28. The predicted molar refractivity (Wildman–Crippen MR) is 71.5 cm³/mol. The Hall–Kier alpha value is -0.430. The van der Waals surface area contributed by atoms with Crippen molar-refractivity contribution < 1.29 is 9.90 Å². The first-order chi connectivity index (χ1) is 8.18. The van der Waals surface area contributed by atoms with Crippen molar-refractivity contribution in [1.82, 2.24) is 10.2 Å². The second kappa shape index (κ2) is 5.95. The van der Waals surface area contributed by atoms with Crippen LogP contribution in [0, 0.1) is 0 Å². The summed E-state index contributed by atoms with van der Waals surface area (Å²) in [5.74, 6) is -0.763. The molecule has 94 valence electrons. The molecule has 4 nitrogen and oxygen atoms in total. The zero-order valence-electron chi connectivity index (χ0n) is 9.36. The minimum atomic E-state index is -0.763. The molecule has 0 radical (unpaired) electrons. The van der Waals surface area contributed by atoms with Crippen molar-refractivity contribution in [2.24, 2.45) is 0 Å². The third-order valence-corrected chi connectivity index (χ3v) is 4.58. The van der Waals surface area contributed by atoms with E-state index in [-0.39, 0.29) is 0 Å². The van der Waals surface area contributed by atoms with Gasteiger partial charge in [-0.1, -0.05) is 0 Å². The summed E-state index contributed by atoms with van der Waals surface area (Å²) in [4.78, 5) is 14.4. The lowest BCUT2D eigenvalue weighted by Gasteiger charge is -2.26. The first kappa shape index (κ1) is 13.0. The van der Waals surface area contributed by atoms with Gasteiger partial charge in [0.1, 0.15) is 6.04 Å². The third-order valence-electron chi connectivity index (χ3n) is 2.83. The molecule has 1 aliphatic rings. The van der Waals surface area contributed by atoms with Gasteiger partial charge in [-0.25, -0.2) is 0 Å². The Morgan fingerprint density at radius 1 is 1.53 bits per heavy atom. The maximum absolute atomic E-state index is 11.4. The van der Waals surface area contributed by atoms with Crippen molar-refractivity contribution >= 4 is 33.2 Å². The Morgan fingerprint density at radius 2 is 2.35 bits per heavy atom. The summed E-state index contributed by atoms with van der Waals surface area (Å²) in [6.45, 7) is 3.44. The summed E-state index contributed by atoms with van der Waals surface area (Å²) >= 11 is 4.87. The number of rotatable bonds is 3. The number of hydrogen-bond donors (Lipinski definition) is 2. The normalized spacial score (nSPS) is 19.8. The van der Waals surface area contributed by atoms with Crippen molar-refractivity contribution in [3.8, 4) is 0 Å². The minimum absolute atomic E-state index is 0.508. The number of thiophene rings is 1. The smallest absolute Gasteiger partial charge is 0.326 e. The van der Waals surface area contributed by atoms with Crippen molar-refractivity contribution in [2.45, 2.75) is 12.5 Å². The van der Waals surface area contributed by atoms with Gasteiger partial charge in [-0.3, -0.25) is 9.69 Å². The van der Waals surface area contributed by atoms with E-state index in [1.54, 1.807) is 0 Å². The van der Waals surface area contributed by atoms with E-state index in [1.165, 1.54) is 11.3 Å². The fraction of sp³-hybridized carbons (Fsp3) is 0.545. The molecule has 0 amide bonds. The van der Waals surface area contributed by atoms with Crippen molar-refractivity contribution in [3.63, 3.8) is 0 Å². The van der Waals surface area contributed by atoms with E-state index in [9.17, 15) is 9.90 Å². The second-order valence-corrected chi connectivity index (χ2v) is 5.91. The Bertz CT molecular complexity index is 389. The lowest BCUT2D eigenvalue weighted by molar-refractivity contribution is -0.143. The van der Waals surface area contributed by atoms with Gasteiger partial charge in [-0.05, 0) is 35.0 Å². The van der Waals surface area contributed by atoms with Gasteiger partial charge in [0.15, 0.2) is 0 Å². The Balaban J connectivity index is 2.18. The summed E-state index contributed by atoms with van der Waals surface area (Å²) in [7, 11) is 0. The first-order valence-electron chi connectivity index (χ1n) is 5.60. The lowest BCUT2D eigenvalue weighted by Crippen LogP contribution is -2.36. The van der Waals surface area contributed by atoms with Crippen molar-refractivity contribution in [3.05, 3.63) is 20.8 Å². The highest BCUT2D eigenvalue weighted by Gasteiger charge is 2.28. The van der Waals surface area contributed by atoms with Crippen LogP contribution in [0.15, 0.2) is 15.9 Å². The molecule has 1 aliphatic heterocycles. The average Bonchev–Trinajstić information content (AvgIpc) is 2.53. The van der Waals surface area contributed by atoms with Crippen LogP contribution in [-0.2, 0) is 4.79 Å². The molecule has 0 aromatic carbocycles. The van der Waals surface area contributed by atoms with Crippen molar-refractivity contribution in [1.29, 1.82) is 0 Å². The van der Waals surface area contributed by atoms with Gasteiger partial charge in [0.05, 0.1) is 0 Å². The Morgan fingerprint density at radius 3 is 3.00 bits per heavy atom. The zero-order chi connectivity index (χ0) is 12.3. The van der Waals surface area contributed by atoms with Gasteiger partial charge in [0.2, 0.25) is 0 Å². The fourth-order valence-corrected chi connectivity index (χ4v) is 3.62. The van der Waals surface area contributed by atoms with Gasteiger partial charge in [0.25, 0.3) is 0 Å². The van der Waals surface area contributed by atoms with E-state index in [0.717, 1.165) is 41.9 Å². The molecule has 1 unspecified atom stereocenters. The summed E-state index contributed by atoms with van der Waals surface area (Å²) < 4.78 is 0.955. The predicted octanol–water partition coefficient (Wildman–Crippen LogP) is 1.93. The van der Waals surface area contributed by atoms with Crippen LogP contribution < -0.4 is 5.32 Å². The number of carboxylic acid groups (broad SMARTS) is 1. The number of nitrogens with zero attached hydrogens (tertiary/aromatic N) is 1. The highest BCUT2D eigenvalue weighted by atomic mass is 79.9. The molecule has 6 heteroatoms. The molecule has 1 saturated heterocycles. The maximum atomic E-state index is 11.4. The maximum Gasteiger partial charge on any atom is 0.326 e. The van der Waals surface area contributed by atoms with E-state index < -0.39 is 12.0 Å². The highest BCUT2D eigenvalue weighted by molar-refractivity contribution is 9.10. The fourth-order valence-electron chi connectivity index (χ4n) is 2.05. The molecule has 0 bridgehead atoms. The summed E-state index contributed by atoms with van der Waals surface area (Å²) in [5.41, 5.74) is 0. The van der Waals surface area contributed by atoms with Crippen LogP contribution >= 0.6 is 27.3 Å². The SMILES string of the molecule is O=C(O)C(c1cc(Br)cs1)N1CCCNCC1. The topological polar surface area (TPSA) is 52.6 Å². The molecule has 2 rings (SSSR count). The van der Waals surface area contributed by atoms with Crippen LogP contribution in [0.1, 0.15) is 17.3 Å². The van der Waals surface area contributed by atoms with Crippen LogP contribution in [0.2, 0.25) is 0 Å². The molecule has 1 aromatic heterocycles. The average molecular weight is 319 g/mol. The van der Waals surface area contributed by atoms with Crippen molar-refractivity contribution in [2.75, 3.05) is 26.2 Å². The summed E-state index contributed by atoms with van der Waals surface area (Å²) in [6.07, 6.45) is 0.996. The molecule has 17 heavy (non-hydrogen) atoms. The Labute approximate surface area is 113 Å². The van der Waals surface area contributed by atoms with Crippen LogP contribution in [0.5, 0.6) is 0 Å². The highest BCUT2D eigenvalue weighted by Crippen LogP contribution is 2.30. The van der Waals surface area contributed by atoms with Crippen LogP contribution in [0.4, 0.5) is 0 Å². The standard InChI is InChI=1S/C11H15BrN2O2S/c12-8-6-9(17-7-8)10(11(15)16)14-4-1-2-13-3-5-14/h6-7,10,13H,1-5H2,(H,15,16). The molecule has 1 atom stereocenters. The van der Waals surface area contributed by atoms with Gasteiger partial charge < -0.3 is 10.4 Å². The molecule has 1 aromatic rings. The van der Waals surface area contributed by atoms with Crippen LogP contribution in [-0.4, -0.2) is 42.2 Å². The van der Waals surface area contributed by atoms with Gasteiger partial charge in [-0.2, -0.15) is 0 Å². The molecule has 0 aliphatic carbocycles. The van der Waals surface area contributed by atoms with Gasteiger partial charge in [-0.15, -0.1) is 11.3 Å². The lowest BCUT2D eigenvalue weighted by atomic mass is 10.2. The van der Waals surface area contributed by atoms with E-state index in [1.807, 2.05) is 16.3 Å². The number of halogens is 1. The molecule has 0 saturated carbocycles. The monoisotopic (exact) mass is 318 g/mol. The molecular weight excluding hydrogens is 304 g/mol. The first-order valence-corrected chi connectivity index (χ1v) is 7.27. The van der Waals surface area contributed by atoms with Crippen LogP contribution in [0.25, 0.3) is 0 Å². The van der Waals surface area contributed by atoms with E-state index >= 15 is 0 Å². The number of carboxylic acids is 1. The largest absolute Gasteiger partial charge is 0.480 e. The summed E-state index contributed by atoms with van der Waals surface area (Å²) in [5, 5.41) is 14.6. The van der Waals surface area contributed by atoms with Crippen LogP contribution in [0.3, 0.4) is 0 Å². The molecule has 1 fully saturated rings. The second-order valence-electron chi connectivity index (χ2n) is 4.05.